The van der Waals surface area contributed by atoms with Crippen molar-refractivity contribution in [3.05, 3.63) is 35.4 Å². The molecule has 0 unspecified atom stereocenters. The van der Waals surface area contributed by atoms with Gasteiger partial charge in [0.05, 0.1) is 5.56 Å². The lowest BCUT2D eigenvalue weighted by molar-refractivity contribution is -0.0670. The van der Waals surface area contributed by atoms with E-state index in [1.807, 2.05) is 0 Å². The van der Waals surface area contributed by atoms with Crippen molar-refractivity contribution >= 4 is 28.6 Å². The maximum absolute atomic E-state index is 13.2. The maximum atomic E-state index is 13.2. The molecule has 108 valence electrons. The average molecular weight is 392 g/mol. The molecular weight excluding hydrogens is 377 g/mol. The van der Waals surface area contributed by atoms with Gasteiger partial charge in [0.15, 0.2) is 0 Å². The first-order chi connectivity index (χ1) is 9.40. The van der Waals surface area contributed by atoms with E-state index < -0.39 is 23.2 Å². The van der Waals surface area contributed by atoms with Crippen LogP contribution in [-0.2, 0) is 4.74 Å². The molecule has 3 aliphatic rings. The summed E-state index contributed by atoms with van der Waals surface area (Å²) >= 11 is 2.51. The molecule has 4 rings (SSSR count). The lowest BCUT2D eigenvalue weighted by atomic mass is 9.67. The zero-order valence-corrected chi connectivity index (χ0v) is 13.1. The number of halogens is 3. The molecule has 0 N–H and O–H groups in total. The molecule has 0 saturated heterocycles. The van der Waals surface area contributed by atoms with Gasteiger partial charge in [0.25, 0.3) is 0 Å². The third kappa shape index (κ3) is 2.69. The lowest BCUT2D eigenvalue weighted by Crippen LogP contribution is -2.49. The van der Waals surface area contributed by atoms with Gasteiger partial charge in [-0.15, -0.1) is 0 Å². The molecule has 0 radical (unpaired) electrons. The number of hydrogen-bond acceptors (Lipinski definition) is 2. The first-order valence-corrected chi connectivity index (χ1v) is 7.86. The number of ether oxygens (including phenoxy) is 1. The van der Waals surface area contributed by atoms with E-state index in [-0.39, 0.29) is 5.56 Å². The first-order valence-electron chi connectivity index (χ1n) is 6.78. The van der Waals surface area contributed by atoms with Crippen LogP contribution in [0.4, 0.5) is 8.78 Å². The van der Waals surface area contributed by atoms with Gasteiger partial charge in [0.1, 0.15) is 17.2 Å². The van der Waals surface area contributed by atoms with Crippen LogP contribution in [0.2, 0.25) is 0 Å². The molecule has 20 heavy (non-hydrogen) atoms. The van der Waals surface area contributed by atoms with Gasteiger partial charge in [-0.05, 0) is 50.7 Å². The molecule has 1 aromatic rings. The van der Waals surface area contributed by atoms with Crippen molar-refractivity contribution in [2.24, 2.45) is 0 Å². The standard InChI is InChI=1S/C15H15F2IO2/c16-11-7-10(8-12(17)9-11)13(19)20-15-4-1-14(18,2-5-15)3-6-15/h7-9H,1-6H2. The van der Waals surface area contributed by atoms with E-state index in [1.165, 1.54) is 0 Å². The summed E-state index contributed by atoms with van der Waals surface area (Å²) < 4.78 is 32.3. The summed E-state index contributed by atoms with van der Waals surface area (Å²) in [7, 11) is 0. The summed E-state index contributed by atoms with van der Waals surface area (Å²) in [6.07, 6.45) is 5.66. The fraction of sp³-hybridized carbons (Fsp3) is 0.533. The first kappa shape index (κ1) is 14.2. The van der Waals surface area contributed by atoms with Crippen LogP contribution in [0.5, 0.6) is 0 Å². The van der Waals surface area contributed by atoms with Crippen LogP contribution < -0.4 is 0 Å². The Morgan fingerprint density at radius 3 is 2.00 bits per heavy atom. The van der Waals surface area contributed by atoms with Crippen LogP contribution in [-0.4, -0.2) is 15.0 Å². The second-order valence-electron chi connectivity index (χ2n) is 5.88. The number of alkyl halides is 1. The van der Waals surface area contributed by atoms with Crippen LogP contribution in [0.25, 0.3) is 0 Å². The number of carbonyl (C=O) groups is 1. The molecule has 3 saturated carbocycles. The third-order valence-electron chi connectivity index (χ3n) is 4.49. The Balaban J connectivity index is 1.76. The number of hydrogen-bond donors (Lipinski definition) is 0. The molecule has 2 nitrogen and oxygen atoms in total. The van der Waals surface area contributed by atoms with E-state index in [0.29, 0.717) is 3.42 Å². The predicted octanol–water partition coefficient (Wildman–Crippen LogP) is 4.40. The van der Waals surface area contributed by atoms with E-state index in [9.17, 15) is 13.6 Å². The van der Waals surface area contributed by atoms with Gasteiger partial charge < -0.3 is 4.74 Å². The molecule has 0 amide bonds. The Kier molecular flexibility index (Phi) is 3.51. The molecule has 0 aliphatic heterocycles. The molecule has 1 aromatic carbocycles. The predicted molar refractivity (Wildman–Crippen MR) is 79.0 cm³/mol. The van der Waals surface area contributed by atoms with Gasteiger partial charge in [-0.25, -0.2) is 13.6 Å². The summed E-state index contributed by atoms with van der Waals surface area (Å²) in [6.45, 7) is 0. The summed E-state index contributed by atoms with van der Waals surface area (Å²) in [5, 5.41) is 0. The Morgan fingerprint density at radius 2 is 1.50 bits per heavy atom. The van der Waals surface area contributed by atoms with Crippen molar-refractivity contribution in [2.75, 3.05) is 0 Å². The second kappa shape index (κ2) is 4.93. The molecule has 0 atom stereocenters. The second-order valence-corrected chi connectivity index (χ2v) is 8.17. The molecule has 0 aromatic heterocycles. The highest BCUT2D eigenvalue weighted by Crippen LogP contribution is 2.53. The Bertz CT molecular complexity index is 514. The minimum absolute atomic E-state index is 0.0474. The van der Waals surface area contributed by atoms with Crippen molar-refractivity contribution in [3.8, 4) is 0 Å². The fourth-order valence-electron chi connectivity index (χ4n) is 3.19. The van der Waals surface area contributed by atoms with Gasteiger partial charge in [-0.3, -0.25) is 0 Å². The van der Waals surface area contributed by atoms with Gasteiger partial charge in [-0.1, -0.05) is 22.6 Å². The molecule has 0 heterocycles. The van der Waals surface area contributed by atoms with Crippen molar-refractivity contribution in [1.29, 1.82) is 0 Å². The zero-order valence-electron chi connectivity index (χ0n) is 10.9. The highest BCUT2D eigenvalue weighted by molar-refractivity contribution is 14.1. The van der Waals surface area contributed by atoms with Crippen molar-refractivity contribution in [1.82, 2.24) is 0 Å². The summed E-state index contributed by atoms with van der Waals surface area (Å²) in [6, 6.07) is 2.80. The third-order valence-corrected chi connectivity index (χ3v) is 6.11. The van der Waals surface area contributed by atoms with Crippen LogP contribution >= 0.6 is 22.6 Å². The number of carbonyl (C=O) groups excluding carboxylic acids is 1. The number of esters is 1. The zero-order chi connectivity index (χ0) is 14.4. The molecule has 2 bridgehead atoms. The number of rotatable bonds is 2. The summed E-state index contributed by atoms with van der Waals surface area (Å²) in [5.74, 6) is -2.13. The number of fused-ring (bicyclic) bond motifs is 3. The van der Waals surface area contributed by atoms with Crippen LogP contribution in [0, 0.1) is 11.6 Å². The number of benzene rings is 1. The van der Waals surface area contributed by atoms with Crippen LogP contribution in [0.15, 0.2) is 18.2 Å². The minimum Gasteiger partial charge on any atom is -0.455 e. The van der Waals surface area contributed by atoms with E-state index >= 15 is 0 Å². The molecular formula is C15H15F2IO2. The van der Waals surface area contributed by atoms with Gasteiger partial charge in [-0.2, -0.15) is 0 Å². The summed E-state index contributed by atoms with van der Waals surface area (Å²) in [4.78, 5) is 12.1. The lowest BCUT2D eigenvalue weighted by Gasteiger charge is -2.50. The maximum Gasteiger partial charge on any atom is 0.338 e. The molecule has 3 aliphatic carbocycles. The van der Waals surface area contributed by atoms with Gasteiger partial charge >= 0.3 is 5.97 Å². The van der Waals surface area contributed by atoms with Crippen molar-refractivity contribution in [3.63, 3.8) is 0 Å². The van der Waals surface area contributed by atoms with Gasteiger partial charge in [0, 0.05) is 9.49 Å². The largest absolute Gasteiger partial charge is 0.455 e. The molecule has 3 fully saturated rings. The quantitative estimate of drug-likeness (QED) is 0.424. The van der Waals surface area contributed by atoms with Crippen molar-refractivity contribution < 1.29 is 18.3 Å². The molecule has 0 spiro atoms. The van der Waals surface area contributed by atoms with E-state index in [4.69, 9.17) is 4.74 Å². The molecule has 5 heteroatoms. The topological polar surface area (TPSA) is 26.3 Å². The van der Waals surface area contributed by atoms with E-state index in [0.717, 1.165) is 56.7 Å². The van der Waals surface area contributed by atoms with E-state index in [2.05, 4.69) is 22.6 Å². The highest BCUT2D eigenvalue weighted by Gasteiger charge is 2.49. The Morgan fingerprint density at radius 1 is 1.00 bits per heavy atom. The Hall–Kier alpha value is -0.720. The smallest absolute Gasteiger partial charge is 0.338 e. The summed E-state index contributed by atoms with van der Waals surface area (Å²) in [5.41, 5.74) is -0.471. The SMILES string of the molecule is O=C(OC12CCC(I)(CC1)CC2)c1cc(F)cc(F)c1. The Labute approximate surface area is 130 Å². The van der Waals surface area contributed by atoms with Crippen molar-refractivity contribution in [2.45, 2.75) is 47.5 Å². The normalized spacial score (nSPS) is 32.1. The average Bonchev–Trinajstić information content (AvgIpc) is 2.39. The fourth-order valence-corrected chi connectivity index (χ4v) is 3.99. The minimum atomic E-state index is -0.756. The van der Waals surface area contributed by atoms with Crippen LogP contribution in [0.1, 0.15) is 48.9 Å². The van der Waals surface area contributed by atoms with Crippen LogP contribution in [0.3, 0.4) is 0 Å². The van der Waals surface area contributed by atoms with Gasteiger partial charge in [0.2, 0.25) is 0 Å². The van der Waals surface area contributed by atoms with E-state index in [1.54, 1.807) is 0 Å². The highest BCUT2D eigenvalue weighted by atomic mass is 127. The monoisotopic (exact) mass is 392 g/mol.